The first kappa shape index (κ1) is 20.8. The molecule has 1 fully saturated rings. The first-order valence-electron chi connectivity index (χ1n) is 10.1. The van der Waals surface area contributed by atoms with Gasteiger partial charge >= 0.3 is 6.03 Å². The van der Waals surface area contributed by atoms with Crippen molar-refractivity contribution in [1.29, 1.82) is 0 Å². The Hall–Kier alpha value is -2.89. The van der Waals surface area contributed by atoms with Crippen LogP contribution < -0.4 is 14.8 Å². The molecule has 2 aromatic rings. The summed E-state index contributed by atoms with van der Waals surface area (Å²) >= 11 is 0. The Morgan fingerprint density at radius 1 is 1.21 bits per heavy atom. The van der Waals surface area contributed by atoms with E-state index in [1.54, 1.807) is 26.4 Å². The van der Waals surface area contributed by atoms with Crippen molar-refractivity contribution < 1.29 is 19.4 Å². The van der Waals surface area contributed by atoms with Crippen molar-refractivity contribution in [2.24, 2.45) is 0 Å². The van der Waals surface area contributed by atoms with E-state index >= 15 is 0 Å². The summed E-state index contributed by atoms with van der Waals surface area (Å²) in [6.45, 7) is 2.76. The summed E-state index contributed by atoms with van der Waals surface area (Å²) in [6.07, 6.45) is 3.56. The second kappa shape index (κ2) is 9.54. The molecular weight excluding hydrogens is 368 g/mol. The number of hydrogen-bond acceptors (Lipinski definition) is 4. The van der Waals surface area contributed by atoms with E-state index in [2.05, 4.69) is 5.32 Å². The van der Waals surface area contributed by atoms with Crippen LogP contribution in [0.4, 0.5) is 4.79 Å². The normalized spacial score (nSPS) is 17.1. The lowest BCUT2D eigenvalue weighted by Gasteiger charge is -2.28. The maximum Gasteiger partial charge on any atom is 0.318 e. The monoisotopic (exact) mass is 398 g/mol. The predicted octanol–water partition coefficient (Wildman–Crippen LogP) is 4.28. The molecular formula is C23H30N2O4. The second-order valence-electron chi connectivity index (χ2n) is 7.51. The van der Waals surface area contributed by atoms with Crippen LogP contribution in [0.2, 0.25) is 0 Å². The van der Waals surface area contributed by atoms with Gasteiger partial charge in [-0.15, -0.1) is 0 Å². The van der Waals surface area contributed by atoms with Crippen LogP contribution in [-0.4, -0.2) is 42.8 Å². The molecule has 0 aromatic heterocycles. The summed E-state index contributed by atoms with van der Waals surface area (Å²) in [5.74, 6) is 1.75. The summed E-state index contributed by atoms with van der Waals surface area (Å²) in [4.78, 5) is 14.8. The first-order valence-corrected chi connectivity index (χ1v) is 10.1. The highest BCUT2D eigenvalue weighted by molar-refractivity contribution is 5.75. The number of aryl methyl sites for hydroxylation is 1. The van der Waals surface area contributed by atoms with Crippen LogP contribution in [0.15, 0.2) is 42.5 Å². The van der Waals surface area contributed by atoms with Gasteiger partial charge in [0.2, 0.25) is 0 Å². The van der Waals surface area contributed by atoms with Crippen molar-refractivity contribution in [3.8, 4) is 17.2 Å². The maximum absolute atomic E-state index is 12.9. The van der Waals surface area contributed by atoms with Gasteiger partial charge < -0.3 is 24.8 Å². The molecule has 6 heteroatoms. The molecule has 2 N–H and O–H groups in total. The molecule has 3 rings (SSSR count). The third-order valence-corrected chi connectivity index (χ3v) is 5.49. The summed E-state index contributed by atoms with van der Waals surface area (Å²) in [7, 11) is 3.27. The SMILES string of the molecule is COc1ccc(C2CCCN2C(=O)NC(C)CCc2ccc(O)cc2)c(OC)c1. The van der Waals surface area contributed by atoms with E-state index in [1.165, 1.54) is 0 Å². The number of carbonyl (C=O) groups excluding carboxylic acids is 1. The van der Waals surface area contributed by atoms with Crippen molar-refractivity contribution in [3.05, 3.63) is 53.6 Å². The third kappa shape index (κ3) is 5.13. The molecule has 0 spiro atoms. The van der Waals surface area contributed by atoms with Gasteiger partial charge in [0.05, 0.1) is 20.3 Å². The molecule has 29 heavy (non-hydrogen) atoms. The molecule has 1 aliphatic heterocycles. The number of nitrogens with zero attached hydrogens (tertiary/aromatic N) is 1. The van der Waals surface area contributed by atoms with E-state index in [9.17, 15) is 9.90 Å². The summed E-state index contributed by atoms with van der Waals surface area (Å²) in [6, 6.07) is 13.0. The van der Waals surface area contributed by atoms with Crippen molar-refractivity contribution >= 4 is 6.03 Å². The molecule has 2 unspecified atom stereocenters. The van der Waals surface area contributed by atoms with Gasteiger partial charge in [0.25, 0.3) is 0 Å². The van der Waals surface area contributed by atoms with Crippen LogP contribution in [0.3, 0.4) is 0 Å². The van der Waals surface area contributed by atoms with Crippen LogP contribution in [0.1, 0.15) is 43.4 Å². The highest BCUT2D eigenvalue weighted by Gasteiger charge is 2.32. The number of ether oxygens (including phenoxy) is 2. The zero-order valence-corrected chi connectivity index (χ0v) is 17.4. The van der Waals surface area contributed by atoms with E-state index in [0.29, 0.717) is 0 Å². The minimum Gasteiger partial charge on any atom is -0.508 e. The minimum absolute atomic E-state index is 0.000143. The molecule has 2 atom stereocenters. The number of phenolic OH excluding ortho intramolecular Hbond substituents is 1. The Morgan fingerprint density at radius 3 is 2.66 bits per heavy atom. The van der Waals surface area contributed by atoms with Crippen LogP contribution in [0, 0.1) is 0 Å². The van der Waals surface area contributed by atoms with Gasteiger partial charge in [0.1, 0.15) is 17.2 Å². The molecule has 1 aliphatic rings. The topological polar surface area (TPSA) is 71.0 Å². The van der Waals surface area contributed by atoms with E-state index in [-0.39, 0.29) is 23.9 Å². The van der Waals surface area contributed by atoms with Crippen molar-refractivity contribution in [1.82, 2.24) is 10.2 Å². The van der Waals surface area contributed by atoms with Crippen molar-refractivity contribution in [3.63, 3.8) is 0 Å². The van der Waals surface area contributed by atoms with Crippen molar-refractivity contribution in [2.45, 2.75) is 44.7 Å². The number of amides is 2. The highest BCUT2D eigenvalue weighted by Crippen LogP contribution is 2.38. The second-order valence-corrected chi connectivity index (χ2v) is 7.51. The molecule has 6 nitrogen and oxygen atoms in total. The Bertz CT molecular complexity index is 822. The van der Waals surface area contributed by atoms with Gasteiger partial charge in [-0.3, -0.25) is 0 Å². The molecule has 1 saturated heterocycles. The summed E-state index contributed by atoms with van der Waals surface area (Å²) in [5.41, 5.74) is 2.16. The Labute approximate surface area is 172 Å². The van der Waals surface area contributed by atoms with E-state index in [4.69, 9.17) is 9.47 Å². The average Bonchev–Trinajstić information content (AvgIpc) is 3.22. The Kier molecular flexibility index (Phi) is 6.86. The number of urea groups is 1. The van der Waals surface area contributed by atoms with Gasteiger partial charge in [-0.05, 0) is 62.4 Å². The lowest BCUT2D eigenvalue weighted by Crippen LogP contribution is -2.43. The number of benzene rings is 2. The highest BCUT2D eigenvalue weighted by atomic mass is 16.5. The smallest absolute Gasteiger partial charge is 0.318 e. The average molecular weight is 399 g/mol. The minimum atomic E-state index is -0.0384. The molecule has 156 valence electrons. The summed E-state index contributed by atoms with van der Waals surface area (Å²) < 4.78 is 10.8. The van der Waals surface area contributed by atoms with E-state index in [1.807, 2.05) is 42.2 Å². The number of hydrogen-bond donors (Lipinski definition) is 2. The number of carbonyl (C=O) groups is 1. The Morgan fingerprint density at radius 2 is 1.97 bits per heavy atom. The fourth-order valence-corrected chi connectivity index (χ4v) is 3.84. The zero-order chi connectivity index (χ0) is 20.8. The molecule has 0 saturated carbocycles. The fraction of sp³-hybridized carbons (Fsp3) is 0.435. The maximum atomic E-state index is 12.9. The van der Waals surface area contributed by atoms with Crippen LogP contribution in [0.5, 0.6) is 17.2 Å². The van der Waals surface area contributed by atoms with E-state index < -0.39 is 0 Å². The zero-order valence-electron chi connectivity index (χ0n) is 17.4. The molecule has 0 bridgehead atoms. The first-order chi connectivity index (χ1) is 14.0. The van der Waals surface area contributed by atoms with Crippen LogP contribution >= 0.6 is 0 Å². The van der Waals surface area contributed by atoms with Gasteiger partial charge in [0, 0.05) is 24.2 Å². The number of phenols is 1. The number of likely N-dealkylation sites (tertiary alicyclic amines) is 1. The lowest BCUT2D eigenvalue weighted by molar-refractivity contribution is 0.188. The predicted molar refractivity (Wildman–Crippen MR) is 113 cm³/mol. The number of nitrogens with one attached hydrogen (secondary N) is 1. The summed E-state index contributed by atoms with van der Waals surface area (Å²) in [5, 5.41) is 12.5. The number of aromatic hydroxyl groups is 1. The standard InChI is InChI=1S/C23H30N2O4/c1-16(6-7-17-8-10-18(26)11-9-17)24-23(27)25-14-4-5-21(25)20-13-12-19(28-2)15-22(20)29-3/h8-13,15-16,21,26H,4-7,14H2,1-3H3,(H,24,27). The van der Waals surface area contributed by atoms with Gasteiger partial charge in [0.15, 0.2) is 0 Å². The number of methoxy groups -OCH3 is 2. The van der Waals surface area contributed by atoms with Crippen LogP contribution in [-0.2, 0) is 6.42 Å². The van der Waals surface area contributed by atoms with Crippen molar-refractivity contribution in [2.75, 3.05) is 20.8 Å². The number of rotatable bonds is 7. The molecule has 2 aromatic carbocycles. The molecule has 2 amide bonds. The molecule has 1 heterocycles. The molecule has 0 aliphatic carbocycles. The van der Waals surface area contributed by atoms with Crippen LogP contribution in [0.25, 0.3) is 0 Å². The Balaban J connectivity index is 1.61. The third-order valence-electron chi connectivity index (χ3n) is 5.49. The van der Waals surface area contributed by atoms with Gasteiger partial charge in [-0.2, -0.15) is 0 Å². The molecule has 0 radical (unpaired) electrons. The largest absolute Gasteiger partial charge is 0.508 e. The fourth-order valence-electron chi connectivity index (χ4n) is 3.84. The quantitative estimate of drug-likeness (QED) is 0.730. The van der Waals surface area contributed by atoms with Gasteiger partial charge in [-0.25, -0.2) is 4.79 Å². The van der Waals surface area contributed by atoms with E-state index in [0.717, 1.165) is 54.9 Å². The van der Waals surface area contributed by atoms with Gasteiger partial charge in [-0.1, -0.05) is 12.1 Å². The lowest BCUT2D eigenvalue weighted by atomic mass is 10.0.